The van der Waals surface area contributed by atoms with Crippen LogP contribution in [0.25, 0.3) is 0 Å². The number of hydrogen-bond donors (Lipinski definition) is 1. The molecule has 0 saturated heterocycles. The molecule has 1 unspecified atom stereocenters. The van der Waals surface area contributed by atoms with Crippen molar-refractivity contribution in [3.05, 3.63) is 28.2 Å². The van der Waals surface area contributed by atoms with Crippen LogP contribution in [0.4, 0.5) is 0 Å². The van der Waals surface area contributed by atoms with Crippen molar-refractivity contribution in [3.8, 4) is 5.75 Å². The van der Waals surface area contributed by atoms with Crippen LogP contribution in [0.3, 0.4) is 0 Å². The summed E-state index contributed by atoms with van der Waals surface area (Å²) in [7, 11) is 0. The second-order valence-corrected chi connectivity index (χ2v) is 4.10. The molecule has 14 heavy (non-hydrogen) atoms. The molecule has 0 aliphatic heterocycles. The van der Waals surface area contributed by atoms with E-state index in [1.54, 1.807) is 0 Å². The second-order valence-electron chi connectivity index (χ2n) is 3.25. The molecule has 0 bridgehead atoms. The average molecular weight is 259 g/mol. The summed E-state index contributed by atoms with van der Waals surface area (Å²) in [5.74, 6) is 0.812. The third kappa shape index (κ3) is 3.00. The lowest BCUT2D eigenvalue weighted by atomic mass is 10.2. The van der Waals surface area contributed by atoms with Gasteiger partial charge in [-0.2, -0.15) is 0 Å². The first kappa shape index (κ1) is 11.5. The zero-order chi connectivity index (χ0) is 10.6. The maximum atomic E-state index is 9.05. The highest BCUT2D eigenvalue weighted by Crippen LogP contribution is 2.23. The minimum atomic E-state index is 0.0261. The largest absolute Gasteiger partial charge is 0.491 e. The first-order valence-electron chi connectivity index (χ1n) is 4.73. The fraction of sp³-hybridized carbons (Fsp3) is 0.455. The van der Waals surface area contributed by atoms with Crippen LogP contribution >= 0.6 is 15.9 Å². The van der Waals surface area contributed by atoms with Crippen LogP contribution in [-0.4, -0.2) is 11.2 Å². The molecule has 0 heterocycles. The molecular formula is C11H15BrO2. The summed E-state index contributed by atoms with van der Waals surface area (Å²) in [6.45, 7) is 4.13. The Bertz CT molecular complexity index is 299. The average Bonchev–Trinajstić information content (AvgIpc) is 2.20. The molecule has 1 aromatic rings. The van der Waals surface area contributed by atoms with Gasteiger partial charge in [-0.15, -0.1) is 0 Å². The number of halogens is 1. The van der Waals surface area contributed by atoms with Crippen molar-refractivity contribution < 1.29 is 9.84 Å². The zero-order valence-electron chi connectivity index (χ0n) is 8.46. The van der Waals surface area contributed by atoms with Gasteiger partial charge in [0.25, 0.3) is 0 Å². The summed E-state index contributed by atoms with van der Waals surface area (Å²) in [5, 5.41) is 9.05. The highest BCUT2D eigenvalue weighted by atomic mass is 79.9. The first-order valence-corrected chi connectivity index (χ1v) is 5.52. The van der Waals surface area contributed by atoms with E-state index in [9.17, 15) is 0 Å². The molecule has 0 aliphatic rings. The maximum Gasteiger partial charge on any atom is 0.120 e. The van der Waals surface area contributed by atoms with Gasteiger partial charge in [0.1, 0.15) is 5.75 Å². The molecule has 0 aromatic heterocycles. The Hall–Kier alpha value is -0.540. The molecule has 0 fully saturated rings. The van der Waals surface area contributed by atoms with Crippen molar-refractivity contribution >= 4 is 15.9 Å². The number of aliphatic hydroxyl groups excluding tert-OH is 1. The number of hydrogen-bond acceptors (Lipinski definition) is 2. The molecule has 0 amide bonds. The Kier molecular flexibility index (Phi) is 4.42. The predicted octanol–water partition coefficient (Wildman–Crippen LogP) is 3.12. The maximum absolute atomic E-state index is 9.05. The van der Waals surface area contributed by atoms with Crippen LogP contribution in [0.15, 0.2) is 22.7 Å². The van der Waals surface area contributed by atoms with E-state index >= 15 is 0 Å². The van der Waals surface area contributed by atoms with Gasteiger partial charge in [0.2, 0.25) is 0 Å². The Labute approximate surface area is 93.0 Å². The molecule has 0 spiro atoms. The Morgan fingerprint density at radius 2 is 2.21 bits per heavy atom. The third-order valence-electron chi connectivity index (χ3n) is 2.10. The van der Waals surface area contributed by atoms with Gasteiger partial charge in [-0.3, -0.25) is 0 Å². The highest BCUT2D eigenvalue weighted by Gasteiger charge is 2.04. The van der Waals surface area contributed by atoms with Crippen LogP contribution in [0.5, 0.6) is 5.75 Å². The monoisotopic (exact) mass is 258 g/mol. The molecule has 1 atom stereocenters. The minimum absolute atomic E-state index is 0.0261. The second kappa shape index (κ2) is 5.37. The molecule has 78 valence electrons. The smallest absolute Gasteiger partial charge is 0.120 e. The molecular weight excluding hydrogens is 244 g/mol. The van der Waals surface area contributed by atoms with E-state index < -0.39 is 0 Å². The molecule has 1 N–H and O–H groups in total. The van der Waals surface area contributed by atoms with E-state index in [-0.39, 0.29) is 12.7 Å². The number of ether oxygens (including phenoxy) is 1. The Morgan fingerprint density at radius 1 is 1.50 bits per heavy atom. The number of rotatable bonds is 4. The van der Waals surface area contributed by atoms with Gasteiger partial charge < -0.3 is 9.84 Å². The van der Waals surface area contributed by atoms with Crippen LogP contribution in [0.1, 0.15) is 25.8 Å². The van der Waals surface area contributed by atoms with Gasteiger partial charge in [0.05, 0.1) is 12.7 Å². The molecule has 0 saturated carbocycles. The van der Waals surface area contributed by atoms with Crippen molar-refractivity contribution in [2.24, 2.45) is 0 Å². The van der Waals surface area contributed by atoms with Gasteiger partial charge in [-0.05, 0) is 37.1 Å². The van der Waals surface area contributed by atoms with Crippen LogP contribution in [0.2, 0.25) is 0 Å². The lowest BCUT2D eigenvalue weighted by molar-refractivity contribution is 0.216. The van der Waals surface area contributed by atoms with Crippen molar-refractivity contribution in [2.45, 2.75) is 33.0 Å². The Morgan fingerprint density at radius 3 is 2.79 bits per heavy atom. The van der Waals surface area contributed by atoms with Gasteiger partial charge in [-0.1, -0.05) is 22.9 Å². The highest BCUT2D eigenvalue weighted by molar-refractivity contribution is 9.10. The van der Waals surface area contributed by atoms with E-state index in [4.69, 9.17) is 9.84 Å². The summed E-state index contributed by atoms with van der Waals surface area (Å²) >= 11 is 3.36. The first-order chi connectivity index (χ1) is 6.67. The molecule has 0 aliphatic carbocycles. The lowest BCUT2D eigenvalue weighted by Gasteiger charge is -2.13. The fourth-order valence-corrected chi connectivity index (χ4v) is 1.43. The number of benzene rings is 1. The number of aliphatic hydroxyl groups is 1. The standard InChI is InChI=1S/C11H15BrO2/c1-3-8(2)14-10-4-5-11(12)9(6-10)7-13/h4-6,8,13H,3,7H2,1-2H3. The van der Waals surface area contributed by atoms with Crippen molar-refractivity contribution in [3.63, 3.8) is 0 Å². The summed E-state index contributed by atoms with van der Waals surface area (Å²) in [5.41, 5.74) is 0.853. The van der Waals surface area contributed by atoms with E-state index in [2.05, 4.69) is 22.9 Å². The Balaban J connectivity index is 2.79. The summed E-state index contributed by atoms with van der Waals surface area (Å²) < 4.78 is 6.54. The van der Waals surface area contributed by atoms with E-state index in [0.29, 0.717) is 0 Å². The fourth-order valence-electron chi connectivity index (χ4n) is 1.06. The van der Waals surface area contributed by atoms with Crippen LogP contribution in [-0.2, 0) is 6.61 Å². The molecule has 3 heteroatoms. The quantitative estimate of drug-likeness (QED) is 0.900. The van der Waals surface area contributed by atoms with Crippen molar-refractivity contribution in [1.82, 2.24) is 0 Å². The summed E-state index contributed by atoms with van der Waals surface area (Å²) in [4.78, 5) is 0. The van der Waals surface area contributed by atoms with Gasteiger partial charge in [0.15, 0.2) is 0 Å². The van der Waals surface area contributed by atoms with E-state index in [0.717, 1.165) is 22.2 Å². The predicted molar refractivity (Wildman–Crippen MR) is 60.4 cm³/mol. The lowest BCUT2D eigenvalue weighted by Crippen LogP contribution is -2.09. The molecule has 0 radical (unpaired) electrons. The normalized spacial score (nSPS) is 12.6. The zero-order valence-corrected chi connectivity index (χ0v) is 10.0. The SMILES string of the molecule is CCC(C)Oc1ccc(Br)c(CO)c1. The van der Waals surface area contributed by atoms with Gasteiger partial charge in [-0.25, -0.2) is 0 Å². The van der Waals surface area contributed by atoms with E-state index in [1.807, 2.05) is 25.1 Å². The van der Waals surface area contributed by atoms with E-state index in [1.165, 1.54) is 0 Å². The van der Waals surface area contributed by atoms with Crippen molar-refractivity contribution in [2.75, 3.05) is 0 Å². The van der Waals surface area contributed by atoms with Gasteiger partial charge in [0, 0.05) is 4.47 Å². The van der Waals surface area contributed by atoms with Crippen molar-refractivity contribution in [1.29, 1.82) is 0 Å². The minimum Gasteiger partial charge on any atom is -0.491 e. The molecule has 2 nitrogen and oxygen atoms in total. The molecule has 1 aromatic carbocycles. The third-order valence-corrected chi connectivity index (χ3v) is 2.87. The topological polar surface area (TPSA) is 29.5 Å². The van der Waals surface area contributed by atoms with Gasteiger partial charge >= 0.3 is 0 Å². The summed E-state index contributed by atoms with van der Waals surface area (Å²) in [6.07, 6.45) is 1.19. The van der Waals surface area contributed by atoms with Crippen LogP contribution in [0, 0.1) is 0 Å². The summed E-state index contributed by atoms with van der Waals surface area (Å²) in [6, 6.07) is 5.65. The molecule has 1 rings (SSSR count). The van der Waals surface area contributed by atoms with Crippen LogP contribution < -0.4 is 4.74 Å².